The first-order valence-corrected chi connectivity index (χ1v) is 6.24. The molecule has 4 nitrogen and oxygen atoms in total. The number of hydrogen-bond donors (Lipinski definition) is 2. The molecule has 0 bridgehead atoms. The maximum Gasteiger partial charge on any atom is 0.308 e. The molecule has 0 spiro atoms. The molecule has 0 radical (unpaired) electrons. The van der Waals surface area contributed by atoms with E-state index < -0.39 is 5.97 Å². The van der Waals surface area contributed by atoms with Gasteiger partial charge < -0.3 is 15.2 Å². The van der Waals surface area contributed by atoms with Gasteiger partial charge in [0.05, 0.1) is 12.0 Å². The van der Waals surface area contributed by atoms with Gasteiger partial charge in [-0.1, -0.05) is 12.1 Å². The van der Waals surface area contributed by atoms with Crippen LogP contribution < -0.4 is 10.1 Å². The number of carboxylic acids is 1. The lowest BCUT2D eigenvalue weighted by Gasteiger charge is -2.18. The van der Waals surface area contributed by atoms with E-state index in [0.717, 1.165) is 23.4 Å². The summed E-state index contributed by atoms with van der Waals surface area (Å²) in [6.45, 7) is 5.16. The third-order valence-corrected chi connectivity index (χ3v) is 3.43. The summed E-state index contributed by atoms with van der Waals surface area (Å²) in [6, 6.07) is 5.94. The molecule has 0 saturated carbocycles. The van der Waals surface area contributed by atoms with Gasteiger partial charge in [-0.3, -0.25) is 4.79 Å². The Morgan fingerprint density at radius 3 is 3.00 bits per heavy atom. The van der Waals surface area contributed by atoms with Gasteiger partial charge in [0.2, 0.25) is 0 Å². The zero-order valence-electron chi connectivity index (χ0n) is 10.8. The molecule has 1 fully saturated rings. The van der Waals surface area contributed by atoms with Crippen LogP contribution in [0.25, 0.3) is 0 Å². The van der Waals surface area contributed by atoms with E-state index in [1.54, 1.807) is 0 Å². The Morgan fingerprint density at radius 1 is 1.50 bits per heavy atom. The summed E-state index contributed by atoms with van der Waals surface area (Å²) in [6.07, 6.45) is 0.677. The van der Waals surface area contributed by atoms with Gasteiger partial charge in [0, 0.05) is 0 Å². The molecule has 0 amide bonds. The molecule has 18 heavy (non-hydrogen) atoms. The van der Waals surface area contributed by atoms with Crippen LogP contribution >= 0.6 is 0 Å². The molecule has 2 atom stereocenters. The highest BCUT2D eigenvalue weighted by Gasteiger charge is 2.33. The van der Waals surface area contributed by atoms with Gasteiger partial charge >= 0.3 is 5.97 Å². The van der Waals surface area contributed by atoms with Crippen LogP contribution in [0.3, 0.4) is 0 Å². The van der Waals surface area contributed by atoms with Crippen molar-refractivity contribution in [2.75, 3.05) is 13.2 Å². The molecular weight excluding hydrogens is 230 g/mol. The van der Waals surface area contributed by atoms with Gasteiger partial charge in [0.15, 0.2) is 0 Å². The molecule has 98 valence electrons. The Labute approximate surface area is 107 Å². The fraction of sp³-hybridized carbons (Fsp3) is 0.500. The second kappa shape index (κ2) is 5.40. The van der Waals surface area contributed by atoms with Crippen molar-refractivity contribution in [1.82, 2.24) is 5.32 Å². The summed E-state index contributed by atoms with van der Waals surface area (Å²) in [5.41, 5.74) is 2.22. The van der Waals surface area contributed by atoms with Crippen molar-refractivity contribution in [1.29, 1.82) is 0 Å². The van der Waals surface area contributed by atoms with E-state index in [0.29, 0.717) is 13.0 Å². The first kappa shape index (κ1) is 12.9. The smallest absolute Gasteiger partial charge is 0.308 e. The average molecular weight is 249 g/mol. The van der Waals surface area contributed by atoms with E-state index in [-0.39, 0.29) is 12.0 Å². The number of aryl methyl sites for hydroxylation is 2. The second-order valence-corrected chi connectivity index (χ2v) is 4.87. The number of carboxylic acid groups (broad SMARTS) is 1. The zero-order chi connectivity index (χ0) is 13.1. The van der Waals surface area contributed by atoms with E-state index in [9.17, 15) is 4.79 Å². The summed E-state index contributed by atoms with van der Waals surface area (Å²) in [4.78, 5) is 11.0. The van der Waals surface area contributed by atoms with E-state index in [2.05, 4.69) is 5.32 Å². The Balaban J connectivity index is 1.99. The SMILES string of the molecule is Cc1ccc(C)c(OCC2NCCC2C(=O)O)c1. The molecule has 1 heterocycles. The number of hydrogen-bond acceptors (Lipinski definition) is 3. The molecule has 2 unspecified atom stereocenters. The van der Waals surface area contributed by atoms with Gasteiger partial charge in [0.25, 0.3) is 0 Å². The molecule has 1 aromatic rings. The van der Waals surface area contributed by atoms with Gasteiger partial charge in [-0.15, -0.1) is 0 Å². The third-order valence-electron chi connectivity index (χ3n) is 3.43. The zero-order valence-corrected chi connectivity index (χ0v) is 10.8. The average Bonchev–Trinajstić information content (AvgIpc) is 2.79. The van der Waals surface area contributed by atoms with Gasteiger partial charge in [-0.25, -0.2) is 0 Å². The van der Waals surface area contributed by atoms with Crippen molar-refractivity contribution in [3.05, 3.63) is 29.3 Å². The Kier molecular flexibility index (Phi) is 3.87. The van der Waals surface area contributed by atoms with Crippen LogP contribution in [0.5, 0.6) is 5.75 Å². The molecule has 1 saturated heterocycles. The maximum atomic E-state index is 11.0. The largest absolute Gasteiger partial charge is 0.492 e. The topological polar surface area (TPSA) is 58.6 Å². The van der Waals surface area contributed by atoms with Crippen molar-refractivity contribution in [2.24, 2.45) is 5.92 Å². The summed E-state index contributed by atoms with van der Waals surface area (Å²) in [7, 11) is 0. The predicted molar refractivity (Wildman–Crippen MR) is 68.9 cm³/mol. The molecule has 0 aliphatic carbocycles. The monoisotopic (exact) mass is 249 g/mol. The fourth-order valence-corrected chi connectivity index (χ4v) is 2.28. The van der Waals surface area contributed by atoms with Crippen molar-refractivity contribution >= 4 is 5.97 Å². The lowest BCUT2D eigenvalue weighted by Crippen LogP contribution is -2.36. The van der Waals surface area contributed by atoms with Crippen LogP contribution in [0.2, 0.25) is 0 Å². The maximum absolute atomic E-state index is 11.0. The normalized spacial score (nSPS) is 23.0. The molecule has 2 rings (SSSR count). The lowest BCUT2D eigenvalue weighted by atomic mass is 10.0. The summed E-state index contributed by atoms with van der Waals surface area (Å²) in [5, 5.41) is 12.3. The molecular formula is C14H19NO3. The van der Waals surface area contributed by atoms with E-state index in [1.807, 2.05) is 32.0 Å². The molecule has 1 aliphatic rings. The van der Waals surface area contributed by atoms with Crippen LogP contribution in [0.15, 0.2) is 18.2 Å². The third kappa shape index (κ3) is 2.82. The van der Waals surface area contributed by atoms with Crippen molar-refractivity contribution in [3.8, 4) is 5.75 Å². The van der Waals surface area contributed by atoms with Crippen LogP contribution in [-0.4, -0.2) is 30.3 Å². The number of nitrogens with one attached hydrogen (secondary N) is 1. The quantitative estimate of drug-likeness (QED) is 0.853. The number of rotatable bonds is 4. The van der Waals surface area contributed by atoms with Crippen LogP contribution in [0.4, 0.5) is 0 Å². The minimum Gasteiger partial charge on any atom is -0.492 e. The molecule has 1 aliphatic heterocycles. The standard InChI is InChI=1S/C14H19NO3/c1-9-3-4-10(2)13(7-9)18-8-12-11(14(16)17)5-6-15-12/h3-4,7,11-12,15H,5-6,8H2,1-2H3,(H,16,17). The van der Waals surface area contributed by atoms with Crippen molar-refractivity contribution < 1.29 is 14.6 Å². The van der Waals surface area contributed by atoms with Crippen LogP contribution in [-0.2, 0) is 4.79 Å². The van der Waals surface area contributed by atoms with Gasteiger partial charge in [0.1, 0.15) is 12.4 Å². The van der Waals surface area contributed by atoms with Crippen LogP contribution in [0, 0.1) is 19.8 Å². The van der Waals surface area contributed by atoms with Crippen molar-refractivity contribution in [2.45, 2.75) is 26.3 Å². The summed E-state index contributed by atoms with van der Waals surface area (Å²) >= 11 is 0. The molecule has 4 heteroatoms. The summed E-state index contributed by atoms with van der Waals surface area (Å²) < 4.78 is 5.76. The molecule has 2 N–H and O–H groups in total. The van der Waals surface area contributed by atoms with Gasteiger partial charge in [-0.05, 0) is 44.0 Å². The van der Waals surface area contributed by atoms with E-state index >= 15 is 0 Å². The number of aliphatic carboxylic acids is 1. The second-order valence-electron chi connectivity index (χ2n) is 4.87. The van der Waals surface area contributed by atoms with Crippen LogP contribution in [0.1, 0.15) is 17.5 Å². The Bertz CT molecular complexity index is 445. The minimum absolute atomic E-state index is 0.0950. The highest BCUT2D eigenvalue weighted by molar-refractivity contribution is 5.71. The Hall–Kier alpha value is -1.55. The first-order valence-electron chi connectivity index (χ1n) is 6.24. The predicted octanol–water partition coefficient (Wildman–Crippen LogP) is 1.74. The fourth-order valence-electron chi connectivity index (χ4n) is 2.28. The molecule has 1 aromatic carbocycles. The van der Waals surface area contributed by atoms with E-state index in [4.69, 9.17) is 9.84 Å². The highest BCUT2D eigenvalue weighted by atomic mass is 16.5. The number of ether oxygens (including phenoxy) is 1. The van der Waals surface area contributed by atoms with E-state index in [1.165, 1.54) is 0 Å². The first-order chi connectivity index (χ1) is 8.58. The number of benzene rings is 1. The number of carbonyl (C=O) groups is 1. The lowest BCUT2D eigenvalue weighted by molar-refractivity contribution is -0.142. The highest BCUT2D eigenvalue weighted by Crippen LogP contribution is 2.21. The Morgan fingerprint density at radius 2 is 2.28 bits per heavy atom. The molecule has 0 aromatic heterocycles. The summed E-state index contributed by atoms with van der Waals surface area (Å²) in [5.74, 6) is -0.238. The minimum atomic E-state index is -0.741. The van der Waals surface area contributed by atoms with Crippen molar-refractivity contribution in [3.63, 3.8) is 0 Å². The van der Waals surface area contributed by atoms with Gasteiger partial charge in [-0.2, -0.15) is 0 Å².